The quantitative estimate of drug-likeness (QED) is 0.767. The first-order valence-electron chi connectivity index (χ1n) is 7.63. The van der Waals surface area contributed by atoms with Gasteiger partial charge in [0.05, 0.1) is 11.4 Å². The molecule has 1 N–H and O–H groups in total. The minimum atomic E-state index is 0.699. The van der Waals surface area contributed by atoms with Crippen LogP contribution in [0.2, 0.25) is 5.02 Å². The Morgan fingerprint density at radius 3 is 2.00 bits per heavy atom. The summed E-state index contributed by atoms with van der Waals surface area (Å²) in [6, 6.07) is 27.7. The first-order valence-corrected chi connectivity index (χ1v) is 8.00. The van der Waals surface area contributed by atoms with E-state index in [9.17, 15) is 0 Å². The lowest BCUT2D eigenvalue weighted by Crippen LogP contribution is -2.44. The van der Waals surface area contributed by atoms with Gasteiger partial charge >= 0.3 is 0 Å². The standard InChI is InChI=1S/C19H15ClN4/c20-16-11-13-18(14-12-16)24-22-19(15-7-3-1-4-8-15)21-23(24)17-9-5-2-6-10-17/h1-14H,(H,21,22). The molecular formula is C19H15ClN4. The maximum atomic E-state index is 6.01. The van der Waals surface area contributed by atoms with E-state index < -0.39 is 0 Å². The minimum absolute atomic E-state index is 0.699. The van der Waals surface area contributed by atoms with Gasteiger partial charge < -0.3 is 0 Å². The molecule has 4 nitrogen and oxygen atoms in total. The van der Waals surface area contributed by atoms with Crippen molar-refractivity contribution in [3.8, 4) is 0 Å². The van der Waals surface area contributed by atoms with Gasteiger partial charge in [-0.1, -0.05) is 60.1 Å². The molecule has 24 heavy (non-hydrogen) atoms. The van der Waals surface area contributed by atoms with Crippen molar-refractivity contribution in [3.63, 3.8) is 0 Å². The van der Waals surface area contributed by atoms with Crippen molar-refractivity contribution in [2.75, 3.05) is 10.2 Å². The van der Waals surface area contributed by atoms with Gasteiger partial charge in [0, 0.05) is 10.6 Å². The summed E-state index contributed by atoms with van der Waals surface area (Å²) in [4.78, 5) is 0. The third-order valence-electron chi connectivity index (χ3n) is 3.70. The molecule has 0 aliphatic carbocycles. The summed E-state index contributed by atoms with van der Waals surface area (Å²) >= 11 is 6.01. The van der Waals surface area contributed by atoms with Crippen LogP contribution in [0.25, 0.3) is 0 Å². The average Bonchev–Trinajstić information content (AvgIpc) is 3.09. The van der Waals surface area contributed by atoms with E-state index in [1.165, 1.54) is 0 Å². The molecule has 0 aromatic heterocycles. The van der Waals surface area contributed by atoms with Crippen molar-refractivity contribution < 1.29 is 0 Å². The minimum Gasteiger partial charge on any atom is -0.259 e. The lowest BCUT2D eigenvalue weighted by molar-refractivity contribution is 0.771. The van der Waals surface area contributed by atoms with Crippen molar-refractivity contribution in [2.24, 2.45) is 5.10 Å². The third kappa shape index (κ3) is 2.79. The zero-order chi connectivity index (χ0) is 16.4. The number of nitrogens with zero attached hydrogens (tertiary/aromatic N) is 3. The Bertz CT molecular complexity index is 848. The number of nitrogens with one attached hydrogen (secondary N) is 1. The fourth-order valence-corrected chi connectivity index (χ4v) is 2.64. The highest BCUT2D eigenvalue weighted by Crippen LogP contribution is 2.26. The Morgan fingerprint density at radius 1 is 0.708 bits per heavy atom. The second-order valence-corrected chi connectivity index (χ2v) is 5.78. The van der Waals surface area contributed by atoms with E-state index in [0.717, 1.165) is 22.8 Å². The SMILES string of the molecule is Clc1ccc(N2N=C(c3ccccc3)NN2c2ccccc2)cc1. The van der Waals surface area contributed by atoms with Crippen LogP contribution in [-0.4, -0.2) is 5.84 Å². The van der Waals surface area contributed by atoms with E-state index in [1.807, 2.05) is 95.2 Å². The van der Waals surface area contributed by atoms with Gasteiger partial charge in [-0.05, 0) is 36.4 Å². The number of hydrazine groups is 2. The van der Waals surface area contributed by atoms with Crippen LogP contribution in [-0.2, 0) is 0 Å². The molecule has 5 heteroatoms. The maximum Gasteiger partial charge on any atom is 0.176 e. The Balaban J connectivity index is 1.75. The zero-order valence-electron chi connectivity index (χ0n) is 12.8. The molecule has 4 rings (SSSR count). The number of hydrogen-bond donors (Lipinski definition) is 1. The second kappa shape index (κ2) is 6.26. The molecule has 0 bridgehead atoms. The molecule has 3 aromatic rings. The number of hydrazone groups is 1. The van der Waals surface area contributed by atoms with Crippen LogP contribution >= 0.6 is 11.6 Å². The number of halogens is 1. The summed E-state index contributed by atoms with van der Waals surface area (Å²) in [7, 11) is 0. The summed E-state index contributed by atoms with van der Waals surface area (Å²) in [5.41, 5.74) is 6.29. The summed E-state index contributed by atoms with van der Waals surface area (Å²) in [5, 5.41) is 9.17. The second-order valence-electron chi connectivity index (χ2n) is 5.34. The van der Waals surface area contributed by atoms with Gasteiger partial charge in [0.15, 0.2) is 5.84 Å². The predicted molar refractivity (Wildman–Crippen MR) is 99.0 cm³/mol. The zero-order valence-corrected chi connectivity index (χ0v) is 13.6. The van der Waals surface area contributed by atoms with Gasteiger partial charge in [0.25, 0.3) is 0 Å². The largest absolute Gasteiger partial charge is 0.259 e. The van der Waals surface area contributed by atoms with Crippen LogP contribution in [0.3, 0.4) is 0 Å². The number of amidine groups is 1. The normalized spacial score (nSPS) is 13.6. The molecule has 0 radical (unpaired) electrons. The van der Waals surface area contributed by atoms with Gasteiger partial charge in [-0.25, -0.2) is 0 Å². The van der Waals surface area contributed by atoms with Crippen molar-refractivity contribution in [1.29, 1.82) is 0 Å². The van der Waals surface area contributed by atoms with Gasteiger partial charge in [-0.15, -0.1) is 5.10 Å². The summed E-state index contributed by atoms with van der Waals surface area (Å²) < 4.78 is 0. The number of anilines is 2. The van der Waals surface area contributed by atoms with Gasteiger partial charge in [-0.3, -0.25) is 5.43 Å². The molecule has 0 amide bonds. The first-order chi connectivity index (χ1) is 11.8. The van der Waals surface area contributed by atoms with Crippen molar-refractivity contribution in [1.82, 2.24) is 5.43 Å². The van der Waals surface area contributed by atoms with Gasteiger partial charge in [-0.2, -0.15) is 10.2 Å². The van der Waals surface area contributed by atoms with E-state index in [0.29, 0.717) is 5.02 Å². The van der Waals surface area contributed by atoms with Crippen LogP contribution in [0.15, 0.2) is 90.0 Å². The monoisotopic (exact) mass is 334 g/mol. The topological polar surface area (TPSA) is 30.9 Å². The Hall–Kier alpha value is -2.98. The Labute approximate surface area is 145 Å². The average molecular weight is 335 g/mol. The van der Waals surface area contributed by atoms with E-state index in [-0.39, 0.29) is 0 Å². The molecule has 3 aromatic carbocycles. The maximum absolute atomic E-state index is 6.01. The number of para-hydroxylation sites is 1. The highest BCUT2D eigenvalue weighted by Gasteiger charge is 2.26. The fourth-order valence-electron chi connectivity index (χ4n) is 2.52. The molecule has 0 saturated heterocycles. The van der Waals surface area contributed by atoms with Crippen molar-refractivity contribution in [2.45, 2.75) is 0 Å². The molecule has 1 heterocycles. The molecule has 0 fully saturated rings. The summed E-state index contributed by atoms with van der Waals surface area (Å²) in [6.45, 7) is 0. The van der Waals surface area contributed by atoms with Crippen LogP contribution in [0, 0.1) is 0 Å². The lowest BCUT2D eigenvalue weighted by Gasteiger charge is -2.27. The Morgan fingerprint density at radius 2 is 1.33 bits per heavy atom. The third-order valence-corrected chi connectivity index (χ3v) is 3.95. The summed E-state index contributed by atoms with van der Waals surface area (Å²) in [5.74, 6) is 0.786. The van der Waals surface area contributed by atoms with Gasteiger partial charge in [0.2, 0.25) is 0 Å². The van der Waals surface area contributed by atoms with E-state index in [4.69, 9.17) is 16.7 Å². The van der Waals surface area contributed by atoms with Gasteiger partial charge in [0.1, 0.15) is 0 Å². The highest BCUT2D eigenvalue weighted by atomic mass is 35.5. The molecule has 0 saturated carbocycles. The van der Waals surface area contributed by atoms with Crippen molar-refractivity contribution >= 4 is 28.8 Å². The van der Waals surface area contributed by atoms with Crippen LogP contribution in [0.1, 0.15) is 5.56 Å². The molecule has 1 aliphatic rings. The van der Waals surface area contributed by atoms with Crippen molar-refractivity contribution in [3.05, 3.63) is 95.5 Å². The molecule has 0 unspecified atom stereocenters. The molecular weight excluding hydrogens is 320 g/mol. The number of rotatable bonds is 3. The van der Waals surface area contributed by atoms with Crippen LogP contribution < -0.4 is 15.7 Å². The molecule has 1 aliphatic heterocycles. The fraction of sp³-hybridized carbons (Fsp3) is 0. The first kappa shape index (κ1) is 14.6. The smallest absolute Gasteiger partial charge is 0.176 e. The van der Waals surface area contributed by atoms with Crippen LogP contribution in [0.5, 0.6) is 0 Å². The molecule has 118 valence electrons. The van der Waals surface area contributed by atoms with Crippen LogP contribution in [0.4, 0.5) is 11.4 Å². The van der Waals surface area contributed by atoms with E-state index in [1.54, 1.807) is 0 Å². The van der Waals surface area contributed by atoms with E-state index >= 15 is 0 Å². The molecule has 0 atom stereocenters. The Kier molecular flexibility index (Phi) is 3.81. The summed E-state index contributed by atoms with van der Waals surface area (Å²) in [6.07, 6.45) is 0. The lowest BCUT2D eigenvalue weighted by atomic mass is 10.2. The number of hydrogen-bond acceptors (Lipinski definition) is 4. The predicted octanol–water partition coefficient (Wildman–Crippen LogP) is 4.45. The highest BCUT2D eigenvalue weighted by molar-refractivity contribution is 6.30. The van der Waals surface area contributed by atoms with E-state index in [2.05, 4.69) is 5.43 Å². The number of benzene rings is 3. The molecule has 0 spiro atoms.